The van der Waals surface area contributed by atoms with Crippen LogP contribution in [-0.2, 0) is 6.54 Å². The number of piperidine rings is 1. The maximum Gasteiger partial charge on any atom is 0.352 e. The highest BCUT2D eigenvalue weighted by Gasteiger charge is 2.23. The van der Waals surface area contributed by atoms with Gasteiger partial charge in [0.15, 0.2) is 0 Å². The van der Waals surface area contributed by atoms with Crippen molar-refractivity contribution in [2.24, 2.45) is 0 Å². The molecular formula is C15H19N3O2S. The number of carboxylic acids is 1. The number of carbonyl (C=O) groups is 1. The molecule has 0 radical (unpaired) electrons. The average Bonchev–Trinajstić information content (AvgIpc) is 3.10. The van der Waals surface area contributed by atoms with Crippen molar-refractivity contribution >= 4 is 17.3 Å². The van der Waals surface area contributed by atoms with Crippen LogP contribution in [0.3, 0.4) is 0 Å². The van der Waals surface area contributed by atoms with Gasteiger partial charge in [0.1, 0.15) is 5.69 Å². The number of rotatable bonds is 4. The van der Waals surface area contributed by atoms with Crippen molar-refractivity contribution in [1.82, 2.24) is 14.5 Å². The van der Waals surface area contributed by atoms with Crippen molar-refractivity contribution in [3.8, 4) is 0 Å². The maximum atomic E-state index is 11.2. The third-order valence-corrected chi connectivity index (χ3v) is 5.08. The van der Waals surface area contributed by atoms with E-state index in [2.05, 4.69) is 16.8 Å². The Balaban J connectivity index is 1.61. The number of aryl methyl sites for hydroxylation is 1. The van der Waals surface area contributed by atoms with Crippen molar-refractivity contribution in [3.63, 3.8) is 0 Å². The fourth-order valence-electron chi connectivity index (χ4n) is 2.93. The first-order valence-corrected chi connectivity index (χ1v) is 8.04. The fourth-order valence-corrected chi connectivity index (χ4v) is 3.75. The minimum Gasteiger partial charge on any atom is -0.477 e. The van der Waals surface area contributed by atoms with E-state index >= 15 is 0 Å². The third-order valence-electron chi connectivity index (χ3n) is 4.16. The SMILES string of the molecule is Cc1ncsc1CN1CCC(n2cccc2C(=O)O)CC1. The normalized spacial score (nSPS) is 17.2. The quantitative estimate of drug-likeness (QED) is 0.943. The van der Waals surface area contributed by atoms with Crippen LogP contribution in [0.2, 0.25) is 0 Å². The lowest BCUT2D eigenvalue weighted by Crippen LogP contribution is -2.34. The van der Waals surface area contributed by atoms with Crippen LogP contribution in [0.1, 0.15) is 39.9 Å². The van der Waals surface area contributed by atoms with Crippen molar-refractivity contribution < 1.29 is 9.90 Å². The van der Waals surface area contributed by atoms with Gasteiger partial charge in [0.25, 0.3) is 0 Å². The van der Waals surface area contributed by atoms with Gasteiger partial charge in [-0.15, -0.1) is 11.3 Å². The molecule has 1 fully saturated rings. The second kappa shape index (κ2) is 5.99. The molecule has 0 bridgehead atoms. The van der Waals surface area contributed by atoms with Crippen molar-refractivity contribution in [1.29, 1.82) is 0 Å². The van der Waals surface area contributed by atoms with Crippen LogP contribution < -0.4 is 0 Å². The highest BCUT2D eigenvalue weighted by molar-refractivity contribution is 7.09. The lowest BCUT2D eigenvalue weighted by molar-refractivity contribution is 0.0678. The Kier molecular flexibility index (Phi) is 4.07. The second-order valence-corrected chi connectivity index (χ2v) is 6.41. The van der Waals surface area contributed by atoms with Gasteiger partial charge in [-0.3, -0.25) is 4.90 Å². The Morgan fingerprint density at radius 2 is 2.24 bits per heavy atom. The Morgan fingerprint density at radius 1 is 1.48 bits per heavy atom. The van der Waals surface area contributed by atoms with Crippen LogP contribution >= 0.6 is 11.3 Å². The van der Waals surface area contributed by atoms with Gasteiger partial charge in [-0.25, -0.2) is 9.78 Å². The summed E-state index contributed by atoms with van der Waals surface area (Å²) < 4.78 is 1.91. The first-order valence-electron chi connectivity index (χ1n) is 7.16. The molecule has 3 heterocycles. The van der Waals surface area contributed by atoms with Crippen molar-refractivity contribution in [3.05, 3.63) is 40.1 Å². The molecule has 1 aliphatic heterocycles. The van der Waals surface area contributed by atoms with Crippen molar-refractivity contribution in [2.45, 2.75) is 32.4 Å². The zero-order chi connectivity index (χ0) is 14.8. The summed E-state index contributed by atoms with van der Waals surface area (Å²) >= 11 is 1.71. The minimum absolute atomic E-state index is 0.296. The van der Waals surface area contributed by atoms with Gasteiger partial charge >= 0.3 is 5.97 Å². The van der Waals surface area contributed by atoms with Gasteiger partial charge in [0.05, 0.1) is 11.2 Å². The predicted octanol–water partition coefficient (Wildman–Crippen LogP) is 2.79. The summed E-state index contributed by atoms with van der Waals surface area (Å²) in [7, 11) is 0. The Hall–Kier alpha value is -1.66. The van der Waals surface area contributed by atoms with Gasteiger partial charge in [-0.2, -0.15) is 0 Å². The van der Waals surface area contributed by atoms with Crippen LogP contribution in [0.25, 0.3) is 0 Å². The van der Waals surface area contributed by atoms with Gasteiger partial charge in [-0.05, 0) is 31.9 Å². The topological polar surface area (TPSA) is 58.4 Å². The van der Waals surface area contributed by atoms with E-state index in [0.717, 1.165) is 38.2 Å². The van der Waals surface area contributed by atoms with Gasteiger partial charge in [-0.1, -0.05) is 0 Å². The third kappa shape index (κ3) is 3.01. The van der Waals surface area contributed by atoms with Crippen LogP contribution in [0.4, 0.5) is 0 Å². The molecule has 5 nitrogen and oxygen atoms in total. The van der Waals surface area contributed by atoms with E-state index in [-0.39, 0.29) is 0 Å². The average molecular weight is 305 g/mol. The number of nitrogens with zero attached hydrogens (tertiary/aromatic N) is 3. The fraction of sp³-hybridized carbons (Fsp3) is 0.467. The van der Waals surface area contributed by atoms with Crippen LogP contribution in [0.15, 0.2) is 23.8 Å². The smallest absolute Gasteiger partial charge is 0.352 e. The maximum absolute atomic E-state index is 11.2. The lowest BCUT2D eigenvalue weighted by atomic mass is 10.0. The molecule has 2 aromatic heterocycles. The highest BCUT2D eigenvalue weighted by Crippen LogP contribution is 2.26. The van der Waals surface area contributed by atoms with Gasteiger partial charge in [0.2, 0.25) is 0 Å². The van der Waals surface area contributed by atoms with Crippen molar-refractivity contribution in [2.75, 3.05) is 13.1 Å². The molecule has 1 aliphatic rings. The molecule has 0 amide bonds. The van der Waals surface area contributed by atoms with Crippen LogP contribution in [0, 0.1) is 6.92 Å². The first kappa shape index (κ1) is 14.3. The van der Waals surface area contributed by atoms with Crippen LogP contribution in [0.5, 0.6) is 0 Å². The molecule has 3 rings (SSSR count). The van der Waals surface area contributed by atoms with E-state index < -0.39 is 5.97 Å². The van der Waals surface area contributed by atoms with E-state index in [1.165, 1.54) is 4.88 Å². The molecule has 2 aromatic rings. The standard InChI is InChI=1S/C15H19N3O2S/c1-11-14(21-10-16-11)9-17-7-4-12(5-8-17)18-6-2-3-13(18)15(19)20/h2-3,6,10,12H,4-5,7-9H2,1H3,(H,19,20). The minimum atomic E-state index is -0.845. The number of aromatic nitrogens is 2. The zero-order valence-electron chi connectivity index (χ0n) is 12.0. The molecule has 0 saturated carbocycles. The molecule has 0 aliphatic carbocycles. The Labute approximate surface area is 127 Å². The van der Waals surface area contributed by atoms with Gasteiger partial charge < -0.3 is 9.67 Å². The Morgan fingerprint density at radius 3 is 2.86 bits per heavy atom. The number of likely N-dealkylation sites (tertiary alicyclic amines) is 1. The molecule has 1 saturated heterocycles. The molecule has 0 aromatic carbocycles. The number of carboxylic acid groups (broad SMARTS) is 1. The van der Waals surface area contributed by atoms with Gasteiger partial charge in [0, 0.05) is 36.8 Å². The van der Waals surface area contributed by atoms with E-state index in [1.54, 1.807) is 17.4 Å². The molecule has 0 unspecified atom stereocenters. The largest absolute Gasteiger partial charge is 0.477 e. The van der Waals surface area contributed by atoms with E-state index in [0.29, 0.717) is 11.7 Å². The summed E-state index contributed by atoms with van der Waals surface area (Å²) in [6.45, 7) is 5.01. The summed E-state index contributed by atoms with van der Waals surface area (Å²) in [5.41, 5.74) is 3.42. The number of hydrogen-bond acceptors (Lipinski definition) is 4. The summed E-state index contributed by atoms with van der Waals surface area (Å²) in [4.78, 5) is 19.3. The molecular weight excluding hydrogens is 286 g/mol. The molecule has 1 N–H and O–H groups in total. The summed E-state index contributed by atoms with van der Waals surface area (Å²) in [6.07, 6.45) is 3.87. The highest BCUT2D eigenvalue weighted by atomic mass is 32.1. The monoisotopic (exact) mass is 305 g/mol. The number of thiazole rings is 1. The Bertz CT molecular complexity index is 626. The molecule has 21 heavy (non-hydrogen) atoms. The summed E-state index contributed by atoms with van der Waals surface area (Å²) in [6, 6.07) is 3.79. The number of aromatic carboxylic acids is 1. The summed E-state index contributed by atoms with van der Waals surface area (Å²) in [5, 5.41) is 9.20. The van der Waals surface area contributed by atoms with E-state index in [4.69, 9.17) is 0 Å². The lowest BCUT2D eigenvalue weighted by Gasteiger charge is -2.33. The van der Waals surface area contributed by atoms with E-state index in [1.807, 2.05) is 22.3 Å². The molecule has 6 heteroatoms. The zero-order valence-corrected chi connectivity index (χ0v) is 12.8. The number of hydrogen-bond donors (Lipinski definition) is 1. The summed E-state index contributed by atoms with van der Waals surface area (Å²) in [5.74, 6) is -0.845. The van der Waals surface area contributed by atoms with E-state index in [9.17, 15) is 9.90 Å². The molecule has 0 atom stereocenters. The second-order valence-electron chi connectivity index (χ2n) is 5.47. The van der Waals surface area contributed by atoms with Crippen LogP contribution in [-0.4, -0.2) is 38.6 Å². The predicted molar refractivity (Wildman–Crippen MR) is 81.8 cm³/mol. The first-order chi connectivity index (χ1) is 10.1. The molecule has 112 valence electrons. The molecule has 0 spiro atoms.